The van der Waals surface area contributed by atoms with Gasteiger partial charge in [-0.3, -0.25) is 9.48 Å². The lowest BCUT2D eigenvalue weighted by Gasteiger charge is -2.39. The summed E-state index contributed by atoms with van der Waals surface area (Å²) in [5, 5.41) is 4.08. The minimum Gasteiger partial charge on any atom is -0.376 e. The molecule has 0 saturated carbocycles. The van der Waals surface area contributed by atoms with Crippen LogP contribution >= 0.6 is 0 Å². The third-order valence-electron chi connectivity index (χ3n) is 4.44. The second kappa shape index (κ2) is 5.77. The van der Waals surface area contributed by atoms with Gasteiger partial charge >= 0.3 is 0 Å². The van der Waals surface area contributed by atoms with Crippen LogP contribution in [0, 0.1) is 0 Å². The molecule has 6 nitrogen and oxygen atoms in total. The molecule has 2 atom stereocenters. The molecule has 0 N–H and O–H groups in total. The summed E-state index contributed by atoms with van der Waals surface area (Å²) in [6.07, 6.45) is 4.69. The van der Waals surface area contributed by atoms with E-state index in [1.54, 1.807) is 24.0 Å². The Morgan fingerprint density at radius 2 is 2.48 bits per heavy atom. The summed E-state index contributed by atoms with van der Waals surface area (Å²) in [5.74, 6) is 0.0394. The van der Waals surface area contributed by atoms with E-state index in [9.17, 15) is 4.79 Å². The normalized spacial score (nSPS) is 29.2. The Hall–Kier alpha value is -1.40. The predicted molar refractivity (Wildman–Crippen MR) is 77.1 cm³/mol. The van der Waals surface area contributed by atoms with Crippen LogP contribution in [0.1, 0.15) is 36.7 Å². The Balaban J connectivity index is 1.69. The summed E-state index contributed by atoms with van der Waals surface area (Å²) in [7, 11) is 1.80. The largest absolute Gasteiger partial charge is 0.376 e. The highest BCUT2D eigenvalue weighted by molar-refractivity contribution is 5.92. The number of aryl methyl sites for hydroxylation is 1. The van der Waals surface area contributed by atoms with Gasteiger partial charge in [0.2, 0.25) is 0 Å². The summed E-state index contributed by atoms with van der Waals surface area (Å²) < 4.78 is 13.3. The summed E-state index contributed by atoms with van der Waals surface area (Å²) in [5.41, 5.74) is 0.415. The molecule has 116 valence electrons. The van der Waals surface area contributed by atoms with Gasteiger partial charge in [0.25, 0.3) is 5.91 Å². The van der Waals surface area contributed by atoms with E-state index in [1.807, 2.05) is 11.8 Å². The van der Waals surface area contributed by atoms with Crippen LogP contribution in [0.5, 0.6) is 0 Å². The Morgan fingerprint density at radius 3 is 3.19 bits per heavy atom. The zero-order valence-corrected chi connectivity index (χ0v) is 12.7. The zero-order chi connectivity index (χ0) is 14.9. The molecule has 21 heavy (non-hydrogen) atoms. The average molecular weight is 293 g/mol. The predicted octanol–water partition coefficient (Wildman–Crippen LogP) is 1.22. The Labute approximate surface area is 125 Å². The van der Waals surface area contributed by atoms with Crippen molar-refractivity contribution in [1.82, 2.24) is 14.7 Å². The Morgan fingerprint density at radius 1 is 1.62 bits per heavy atom. The first kappa shape index (κ1) is 14.5. The van der Waals surface area contributed by atoms with E-state index in [0.29, 0.717) is 25.5 Å². The standard InChI is InChI=1S/C15H23N3O3/c1-3-20-12-9-15(21-10-12)6-4-8-18(11-15)14(19)13-5-7-16-17(13)2/h5,7,12H,3-4,6,8-11H2,1-2H3/t12-,15-/m1/s1. The van der Waals surface area contributed by atoms with Crippen LogP contribution in [0.2, 0.25) is 0 Å². The van der Waals surface area contributed by atoms with Gasteiger partial charge in [0.1, 0.15) is 5.69 Å². The lowest BCUT2D eigenvalue weighted by Crippen LogP contribution is -2.50. The molecular weight excluding hydrogens is 270 g/mol. The topological polar surface area (TPSA) is 56.6 Å². The quantitative estimate of drug-likeness (QED) is 0.841. The fourth-order valence-electron chi connectivity index (χ4n) is 3.45. The number of hydrogen-bond donors (Lipinski definition) is 0. The number of nitrogens with zero attached hydrogens (tertiary/aromatic N) is 3. The first-order valence-corrected chi connectivity index (χ1v) is 7.66. The van der Waals surface area contributed by atoms with E-state index in [2.05, 4.69) is 5.10 Å². The van der Waals surface area contributed by atoms with Crippen molar-refractivity contribution < 1.29 is 14.3 Å². The highest BCUT2D eigenvalue weighted by Gasteiger charge is 2.45. The van der Waals surface area contributed by atoms with Crippen LogP contribution in [-0.2, 0) is 16.5 Å². The second-order valence-electron chi connectivity index (χ2n) is 5.95. The van der Waals surface area contributed by atoms with Gasteiger partial charge in [-0.25, -0.2) is 0 Å². The molecule has 3 rings (SSSR count). The number of piperidine rings is 1. The van der Waals surface area contributed by atoms with E-state index < -0.39 is 0 Å². The van der Waals surface area contributed by atoms with E-state index in [-0.39, 0.29) is 17.6 Å². The molecule has 1 aromatic rings. The van der Waals surface area contributed by atoms with Crippen molar-refractivity contribution in [2.45, 2.75) is 37.9 Å². The van der Waals surface area contributed by atoms with Crippen molar-refractivity contribution in [2.24, 2.45) is 7.05 Å². The lowest BCUT2D eigenvalue weighted by molar-refractivity contribution is -0.0464. The maximum absolute atomic E-state index is 12.6. The first-order valence-electron chi connectivity index (χ1n) is 7.66. The summed E-state index contributed by atoms with van der Waals surface area (Å²) in [6, 6.07) is 1.77. The summed E-state index contributed by atoms with van der Waals surface area (Å²) >= 11 is 0. The van der Waals surface area contributed by atoms with Gasteiger partial charge in [0, 0.05) is 32.8 Å². The monoisotopic (exact) mass is 293 g/mol. The van der Waals surface area contributed by atoms with Crippen LogP contribution < -0.4 is 0 Å². The van der Waals surface area contributed by atoms with Crippen molar-refractivity contribution >= 4 is 5.91 Å². The van der Waals surface area contributed by atoms with Crippen LogP contribution in [0.15, 0.2) is 12.3 Å². The molecule has 1 aromatic heterocycles. The van der Waals surface area contributed by atoms with Gasteiger partial charge in [0.15, 0.2) is 0 Å². The van der Waals surface area contributed by atoms with E-state index in [0.717, 1.165) is 25.8 Å². The first-order chi connectivity index (χ1) is 10.1. The fraction of sp³-hybridized carbons (Fsp3) is 0.733. The maximum Gasteiger partial charge on any atom is 0.272 e. The molecule has 0 unspecified atom stereocenters. The van der Waals surface area contributed by atoms with Gasteiger partial charge in [-0.05, 0) is 25.8 Å². The molecule has 1 spiro atoms. The van der Waals surface area contributed by atoms with E-state index >= 15 is 0 Å². The third-order valence-corrected chi connectivity index (χ3v) is 4.44. The van der Waals surface area contributed by atoms with E-state index in [4.69, 9.17) is 9.47 Å². The third kappa shape index (κ3) is 2.82. The molecule has 2 saturated heterocycles. The van der Waals surface area contributed by atoms with Crippen molar-refractivity contribution in [3.63, 3.8) is 0 Å². The highest BCUT2D eigenvalue weighted by atomic mass is 16.6. The highest BCUT2D eigenvalue weighted by Crippen LogP contribution is 2.36. The average Bonchev–Trinajstić information content (AvgIpc) is 3.06. The van der Waals surface area contributed by atoms with Gasteiger partial charge in [-0.15, -0.1) is 0 Å². The van der Waals surface area contributed by atoms with Crippen molar-refractivity contribution in [2.75, 3.05) is 26.3 Å². The number of ether oxygens (including phenoxy) is 2. The maximum atomic E-state index is 12.6. The molecule has 2 fully saturated rings. The van der Waals surface area contributed by atoms with Crippen LogP contribution in [0.4, 0.5) is 0 Å². The van der Waals surface area contributed by atoms with Gasteiger partial charge in [0.05, 0.1) is 24.9 Å². The zero-order valence-electron chi connectivity index (χ0n) is 12.7. The molecule has 0 radical (unpaired) electrons. The SMILES string of the molecule is CCO[C@H]1CO[C@]2(CCCN(C(=O)c3ccnn3C)C2)C1. The molecular formula is C15H23N3O3. The number of rotatable bonds is 3. The Kier molecular flexibility index (Phi) is 3.99. The lowest BCUT2D eigenvalue weighted by atomic mass is 9.89. The van der Waals surface area contributed by atoms with Gasteiger partial charge in [-0.2, -0.15) is 5.10 Å². The molecule has 2 aliphatic heterocycles. The smallest absolute Gasteiger partial charge is 0.272 e. The van der Waals surface area contributed by atoms with Crippen LogP contribution in [-0.4, -0.2) is 58.6 Å². The minimum absolute atomic E-state index is 0.0394. The van der Waals surface area contributed by atoms with E-state index in [1.165, 1.54) is 0 Å². The molecule has 2 aliphatic rings. The van der Waals surface area contributed by atoms with Crippen molar-refractivity contribution in [1.29, 1.82) is 0 Å². The van der Waals surface area contributed by atoms with Crippen molar-refractivity contribution in [3.8, 4) is 0 Å². The number of amides is 1. The Bertz CT molecular complexity index is 516. The molecule has 6 heteroatoms. The molecule has 3 heterocycles. The number of hydrogen-bond acceptors (Lipinski definition) is 4. The van der Waals surface area contributed by atoms with Crippen LogP contribution in [0.3, 0.4) is 0 Å². The number of aromatic nitrogens is 2. The number of likely N-dealkylation sites (tertiary alicyclic amines) is 1. The molecule has 0 aromatic carbocycles. The summed E-state index contributed by atoms with van der Waals surface area (Å²) in [6.45, 7) is 4.79. The minimum atomic E-state index is -0.216. The van der Waals surface area contributed by atoms with Gasteiger partial charge < -0.3 is 14.4 Å². The summed E-state index contributed by atoms with van der Waals surface area (Å²) in [4.78, 5) is 14.5. The number of carbonyl (C=O) groups excluding carboxylic acids is 1. The van der Waals surface area contributed by atoms with Crippen LogP contribution in [0.25, 0.3) is 0 Å². The number of carbonyl (C=O) groups is 1. The molecule has 0 bridgehead atoms. The second-order valence-corrected chi connectivity index (χ2v) is 5.95. The molecule has 0 aliphatic carbocycles. The van der Waals surface area contributed by atoms with Gasteiger partial charge in [-0.1, -0.05) is 0 Å². The fourth-order valence-corrected chi connectivity index (χ4v) is 3.45. The molecule has 1 amide bonds. The van der Waals surface area contributed by atoms with Crippen molar-refractivity contribution in [3.05, 3.63) is 18.0 Å².